The van der Waals surface area contributed by atoms with Crippen LogP contribution in [0.1, 0.15) is 12.0 Å². The van der Waals surface area contributed by atoms with Crippen LogP contribution >= 0.6 is 0 Å². The first-order chi connectivity index (χ1) is 8.34. The van der Waals surface area contributed by atoms with E-state index in [1.165, 1.54) is 22.3 Å². The van der Waals surface area contributed by atoms with Gasteiger partial charge >= 0.3 is 0 Å². The summed E-state index contributed by atoms with van der Waals surface area (Å²) in [6.07, 6.45) is 5.55. The molecule has 1 aromatic rings. The van der Waals surface area contributed by atoms with Crippen molar-refractivity contribution in [3.63, 3.8) is 0 Å². The van der Waals surface area contributed by atoms with Crippen molar-refractivity contribution in [3.05, 3.63) is 47.0 Å². The Kier molecular flexibility index (Phi) is 2.77. The summed E-state index contributed by atoms with van der Waals surface area (Å²) in [5.41, 5.74) is 5.36. The number of allylic oxidation sites excluding steroid dienone is 1. The maximum Gasteiger partial charge on any atom is 0.283 e. The van der Waals surface area contributed by atoms with Crippen molar-refractivity contribution in [2.75, 3.05) is 18.4 Å². The summed E-state index contributed by atoms with van der Waals surface area (Å²) >= 11 is 0. The second kappa shape index (κ2) is 4.42. The lowest BCUT2D eigenvalue weighted by Gasteiger charge is -2.26. The van der Waals surface area contributed by atoms with E-state index in [-0.39, 0.29) is 0 Å². The highest BCUT2D eigenvalue weighted by atomic mass is 16.5. The molecule has 3 rings (SSSR count). The minimum atomic E-state index is 0.384. The van der Waals surface area contributed by atoms with Crippen molar-refractivity contribution in [1.29, 1.82) is 0 Å². The molecule has 86 valence electrons. The van der Waals surface area contributed by atoms with Gasteiger partial charge in [-0.15, -0.1) is 0 Å². The quantitative estimate of drug-likeness (QED) is 0.741. The number of fused-ring (bicyclic) bond motifs is 1. The number of para-hydroxylation sites is 1. The molecule has 0 aromatic heterocycles. The first-order valence-corrected chi connectivity index (χ1v) is 6.19. The Bertz CT molecular complexity index is 493. The van der Waals surface area contributed by atoms with Gasteiger partial charge in [0.15, 0.2) is 0 Å². The molecule has 0 saturated heterocycles. The van der Waals surface area contributed by atoms with Gasteiger partial charge in [0, 0.05) is 5.69 Å². The summed E-state index contributed by atoms with van der Waals surface area (Å²) in [5, 5.41) is 3.56. The molecule has 2 heterocycles. The maximum atomic E-state index is 5.37. The summed E-state index contributed by atoms with van der Waals surface area (Å²) in [7, 11) is 0. The summed E-state index contributed by atoms with van der Waals surface area (Å²) in [6, 6.07) is 8.46. The number of anilines is 1. The van der Waals surface area contributed by atoms with Crippen molar-refractivity contribution in [1.82, 2.24) is 0 Å². The van der Waals surface area contributed by atoms with Crippen LogP contribution in [0.25, 0.3) is 6.08 Å². The van der Waals surface area contributed by atoms with Gasteiger partial charge in [-0.1, -0.05) is 48.2 Å². The number of hydrogen-bond donors (Lipinski definition) is 1. The Labute approximate surface area is 102 Å². The Morgan fingerprint density at radius 3 is 3.00 bits per heavy atom. The van der Waals surface area contributed by atoms with Gasteiger partial charge in [-0.25, -0.2) is 0 Å². The molecule has 0 aliphatic carbocycles. The van der Waals surface area contributed by atoms with Crippen molar-refractivity contribution in [2.45, 2.75) is 13.2 Å². The lowest BCUT2D eigenvalue weighted by atomic mass is 9.53. The SMILES string of the molecule is CB1Nc2ccccc2C=C1C1=CCOCC1. The van der Waals surface area contributed by atoms with E-state index in [2.05, 4.69) is 48.5 Å². The zero-order chi connectivity index (χ0) is 11.7. The Morgan fingerprint density at radius 1 is 1.29 bits per heavy atom. The standard InChI is InChI=1S/C14H16BNO/c1-15-13(11-6-8-17-9-7-11)10-12-4-2-3-5-14(12)16-15/h2-6,10,16H,7-9H2,1H3. The van der Waals surface area contributed by atoms with E-state index in [4.69, 9.17) is 4.74 Å². The van der Waals surface area contributed by atoms with Crippen molar-refractivity contribution in [3.8, 4) is 0 Å². The fraction of sp³-hybridized carbons (Fsp3) is 0.286. The number of ether oxygens (including phenoxy) is 1. The van der Waals surface area contributed by atoms with E-state index in [0.717, 1.165) is 19.6 Å². The molecule has 1 aromatic carbocycles. The smallest absolute Gasteiger partial charge is 0.283 e. The molecular formula is C14H16BNO. The Balaban J connectivity index is 2.00. The molecule has 0 atom stereocenters. The van der Waals surface area contributed by atoms with Gasteiger partial charge in [-0.05, 0) is 18.1 Å². The molecule has 17 heavy (non-hydrogen) atoms. The zero-order valence-electron chi connectivity index (χ0n) is 10.1. The van der Waals surface area contributed by atoms with Crippen LogP contribution in [0.5, 0.6) is 0 Å². The zero-order valence-corrected chi connectivity index (χ0v) is 10.1. The molecule has 0 radical (unpaired) electrons. The number of rotatable bonds is 1. The average Bonchev–Trinajstić information content (AvgIpc) is 2.39. The highest BCUT2D eigenvalue weighted by Crippen LogP contribution is 2.30. The van der Waals surface area contributed by atoms with E-state index in [9.17, 15) is 0 Å². The predicted octanol–water partition coefficient (Wildman–Crippen LogP) is 3.00. The molecule has 0 amide bonds. The van der Waals surface area contributed by atoms with Crippen LogP contribution < -0.4 is 5.23 Å². The number of hydrogen-bond acceptors (Lipinski definition) is 2. The van der Waals surface area contributed by atoms with E-state index >= 15 is 0 Å². The highest BCUT2D eigenvalue weighted by Gasteiger charge is 2.23. The van der Waals surface area contributed by atoms with E-state index in [1.54, 1.807) is 0 Å². The van der Waals surface area contributed by atoms with E-state index in [0.29, 0.717) is 6.85 Å². The second-order valence-electron chi connectivity index (χ2n) is 4.61. The Morgan fingerprint density at radius 2 is 2.18 bits per heavy atom. The van der Waals surface area contributed by atoms with Gasteiger partial charge in [0.1, 0.15) is 0 Å². The average molecular weight is 225 g/mol. The fourth-order valence-corrected chi connectivity index (χ4v) is 2.52. The van der Waals surface area contributed by atoms with Crippen LogP contribution in [0.15, 0.2) is 41.4 Å². The van der Waals surface area contributed by atoms with Crippen molar-refractivity contribution < 1.29 is 4.74 Å². The molecular weight excluding hydrogens is 209 g/mol. The van der Waals surface area contributed by atoms with Crippen LogP contribution in [0, 0.1) is 0 Å². The second-order valence-corrected chi connectivity index (χ2v) is 4.61. The predicted molar refractivity (Wildman–Crippen MR) is 73.2 cm³/mol. The molecule has 2 aliphatic rings. The molecule has 0 bridgehead atoms. The van der Waals surface area contributed by atoms with Crippen LogP contribution in [0.3, 0.4) is 0 Å². The lowest BCUT2D eigenvalue weighted by molar-refractivity contribution is 0.155. The number of nitrogens with one attached hydrogen (secondary N) is 1. The first-order valence-electron chi connectivity index (χ1n) is 6.19. The maximum absolute atomic E-state index is 5.37. The Hall–Kier alpha value is -1.48. The van der Waals surface area contributed by atoms with Crippen LogP contribution in [-0.2, 0) is 4.74 Å². The highest BCUT2D eigenvalue weighted by molar-refractivity contribution is 6.71. The summed E-state index contributed by atoms with van der Waals surface area (Å²) in [6.45, 7) is 4.20. The lowest BCUT2D eigenvalue weighted by Crippen LogP contribution is -2.29. The fourth-order valence-electron chi connectivity index (χ4n) is 2.52. The molecule has 2 aliphatic heterocycles. The largest absolute Gasteiger partial charge is 0.424 e. The van der Waals surface area contributed by atoms with Crippen LogP contribution in [-0.4, -0.2) is 20.1 Å². The third kappa shape index (κ3) is 2.03. The molecule has 1 N–H and O–H groups in total. The van der Waals surface area contributed by atoms with Gasteiger partial charge in [-0.3, -0.25) is 0 Å². The van der Waals surface area contributed by atoms with Gasteiger partial charge < -0.3 is 9.96 Å². The minimum Gasteiger partial charge on any atom is -0.424 e. The van der Waals surface area contributed by atoms with Gasteiger partial charge in [-0.2, -0.15) is 0 Å². The molecule has 3 heteroatoms. The van der Waals surface area contributed by atoms with Crippen LogP contribution in [0.2, 0.25) is 6.82 Å². The van der Waals surface area contributed by atoms with Crippen LogP contribution in [0.4, 0.5) is 5.69 Å². The first kappa shape index (κ1) is 10.7. The topological polar surface area (TPSA) is 21.3 Å². The molecule has 0 spiro atoms. The number of benzene rings is 1. The molecule has 0 saturated carbocycles. The van der Waals surface area contributed by atoms with Gasteiger partial charge in [0.2, 0.25) is 0 Å². The van der Waals surface area contributed by atoms with Gasteiger partial charge in [0.25, 0.3) is 6.85 Å². The summed E-state index contributed by atoms with van der Waals surface area (Å²) in [4.78, 5) is 0. The third-order valence-corrected chi connectivity index (χ3v) is 3.44. The van der Waals surface area contributed by atoms with E-state index in [1.807, 2.05) is 0 Å². The third-order valence-electron chi connectivity index (χ3n) is 3.44. The van der Waals surface area contributed by atoms with E-state index < -0.39 is 0 Å². The van der Waals surface area contributed by atoms with Crippen molar-refractivity contribution >= 4 is 18.6 Å². The van der Waals surface area contributed by atoms with Crippen molar-refractivity contribution in [2.24, 2.45) is 0 Å². The molecule has 0 unspecified atom stereocenters. The molecule has 0 fully saturated rings. The summed E-state index contributed by atoms with van der Waals surface area (Å²) in [5.74, 6) is 0. The minimum absolute atomic E-state index is 0.384. The monoisotopic (exact) mass is 225 g/mol. The van der Waals surface area contributed by atoms with Gasteiger partial charge in [0.05, 0.1) is 13.2 Å². The normalized spacial score (nSPS) is 19.0. The summed E-state index contributed by atoms with van der Waals surface area (Å²) < 4.78 is 5.37. The molecule has 2 nitrogen and oxygen atoms in total.